The second-order valence-electron chi connectivity index (χ2n) is 5.98. The van der Waals surface area contributed by atoms with Crippen LogP contribution in [0.4, 0.5) is 5.95 Å². The van der Waals surface area contributed by atoms with E-state index in [1.54, 1.807) is 12.1 Å². The van der Waals surface area contributed by atoms with E-state index in [2.05, 4.69) is 24.8 Å². The predicted octanol–water partition coefficient (Wildman–Crippen LogP) is 2.22. The summed E-state index contributed by atoms with van der Waals surface area (Å²) in [6.07, 6.45) is 1.50. The van der Waals surface area contributed by atoms with E-state index in [0.29, 0.717) is 47.2 Å². The van der Waals surface area contributed by atoms with Crippen molar-refractivity contribution in [2.75, 3.05) is 45.4 Å². The Morgan fingerprint density at radius 3 is 2.46 bits per heavy atom. The molecule has 3 heterocycles. The number of phenols is 1. The molecule has 9 nitrogen and oxygen atoms in total. The van der Waals surface area contributed by atoms with Gasteiger partial charge in [0.2, 0.25) is 11.7 Å². The highest BCUT2D eigenvalue weighted by Crippen LogP contribution is 2.40. The van der Waals surface area contributed by atoms with Gasteiger partial charge in [0.25, 0.3) is 0 Å². The van der Waals surface area contributed by atoms with Crippen LogP contribution in [0.1, 0.15) is 0 Å². The molecule has 1 fully saturated rings. The van der Waals surface area contributed by atoms with Crippen LogP contribution >= 0.6 is 11.3 Å². The van der Waals surface area contributed by atoms with Crippen molar-refractivity contribution in [2.45, 2.75) is 0 Å². The van der Waals surface area contributed by atoms with Crippen molar-refractivity contribution in [1.29, 1.82) is 0 Å². The molecule has 0 spiro atoms. The van der Waals surface area contributed by atoms with Crippen LogP contribution in [-0.4, -0.2) is 65.6 Å². The van der Waals surface area contributed by atoms with E-state index in [9.17, 15) is 5.11 Å². The molecule has 1 saturated heterocycles. The number of phenolic OH excluding ortho intramolecular Hbond substituents is 1. The summed E-state index contributed by atoms with van der Waals surface area (Å²) in [6.45, 7) is 2.82. The van der Waals surface area contributed by atoms with Crippen molar-refractivity contribution in [2.24, 2.45) is 0 Å². The summed E-state index contributed by atoms with van der Waals surface area (Å²) < 4.78 is 15.8. The highest BCUT2D eigenvalue weighted by atomic mass is 32.1. The maximum atomic E-state index is 10.1. The zero-order chi connectivity index (χ0) is 19.5. The SMILES string of the molecule is COc1cc(-c2csc(-c3ncnc(N4CCOCC4)n3)n2)cc(OC)c1O. The number of aromatic hydroxyl groups is 1. The molecule has 10 heteroatoms. The topological polar surface area (TPSA) is 103 Å². The Hall–Kier alpha value is -2.98. The molecule has 28 heavy (non-hydrogen) atoms. The zero-order valence-electron chi connectivity index (χ0n) is 15.5. The maximum Gasteiger partial charge on any atom is 0.229 e. The number of methoxy groups -OCH3 is 2. The molecule has 146 valence electrons. The minimum atomic E-state index is -0.0446. The van der Waals surface area contributed by atoms with Crippen LogP contribution in [0.15, 0.2) is 23.8 Å². The fraction of sp³-hybridized carbons (Fsp3) is 0.333. The molecule has 1 aliphatic rings. The number of rotatable bonds is 5. The van der Waals surface area contributed by atoms with E-state index in [4.69, 9.17) is 14.2 Å². The minimum Gasteiger partial charge on any atom is -0.502 e. The van der Waals surface area contributed by atoms with Gasteiger partial charge in [-0.2, -0.15) is 4.98 Å². The summed E-state index contributed by atoms with van der Waals surface area (Å²) in [5, 5.41) is 12.7. The molecule has 3 aromatic rings. The summed E-state index contributed by atoms with van der Waals surface area (Å²) in [5.41, 5.74) is 1.47. The van der Waals surface area contributed by atoms with Gasteiger partial charge in [0, 0.05) is 24.0 Å². The fourth-order valence-electron chi connectivity index (χ4n) is 2.86. The van der Waals surface area contributed by atoms with Gasteiger partial charge in [0.15, 0.2) is 22.3 Å². The lowest BCUT2D eigenvalue weighted by molar-refractivity contribution is 0.122. The number of hydrogen-bond acceptors (Lipinski definition) is 10. The first-order valence-corrected chi connectivity index (χ1v) is 9.50. The Balaban J connectivity index is 1.65. The monoisotopic (exact) mass is 401 g/mol. The van der Waals surface area contributed by atoms with Crippen LogP contribution < -0.4 is 14.4 Å². The van der Waals surface area contributed by atoms with Gasteiger partial charge in [-0.3, -0.25) is 0 Å². The lowest BCUT2D eigenvalue weighted by Gasteiger charge is -2.26. The average Bonchev–Trinajstić information content (AvgIpc) is 3.25. The predicted molar refractivity (Wildman–Crippen MR) is 104 cm³/mol. The number of morpholine rings is 1. The summed E-state index contributed by atoms with van der Waals surface area (Å²) in [5.74, 6) is 1.73. The largest absolute Gasteiger partial charge is 0.502 e. The van der Waals surface area contributed by atoms with E-state index >= 15 is 0 Å². The van der Waals surface area contributed by atoms with Crippen molar-refractivity contribution in [3.05, 3.63) is 23.8 Å². The summed E-state index contributed by atoms with van der Waals surface area (Å²) in [7, 11) is 2.98. The minimum absolute atomic E-state index is 0.0446. The number of aromatic nitrogens is 4. The molecule has 0 unspecified atom stereocenters. The average molecular weight is 401 g/mol. The van der Waals surface area contributed by atoms with Crippen molar-refractivity contribution in [1.82, 2.24) is 19.9 Å². The molecular weight excluding hydrogens is 382 g/mol. The normalized spacial score (nSPS) is 14.1. The van der Waals surface area contributed by atoms with Crippen LogP contribution in [0, 0.1) is 0 Å². The summed E-state index contributed by atoms with van der Waals surface area (Å²) in [4.78, 5) is 19.8. The first kappa shape index (κ1) is 18.4. The van der Waals surface area contributed by atoms with Crippen molar-refractivity contribution in [3.8, 4) is 39.3 Å². The molecular formula is C18H19N5O4S. The van der Waals surface area contributed by atoms with Crippen molar-refractivity contribution in [3.63, 3.8) is 0 Å². The van der Waals surface area contributed by atoms with Crippen LogP contribution in [-0.2, 0) is 4.74 Å². The van der Waals surface area contributed by atoms with E-state index in [1.165, 1.54) is 31.9 Å². The summed E-state index contributed by atoms with van der Waals surface area (Å²) in [6, 6.07) is 3.42. The van der Waals surface area contributed by atoms with Gasteiger partial charge < -0.3 is 24.2 Å². The highest BCUT2D eigenvalue weighted by Gasteiger charge is 2.18. The van der Waals surface area contributed by atoms with Crippen LogP contribution in [0.3, 0.4) is 0 Å². The van der Waals surface area contributed by atoms with Crippen LogP contribution in [0.5, 0.6) is 17.2 Å². The molecule has 0 amide bonds. The molecule has 1 N–H and O–H groups in total. The smallest absolute Gasteiger partial charge is 0.229 e. The molecule has 0 atom stereocenters. The number of hydrogen-bond donors (Lipinski definition) is 1. The molecule has 4 rings (SSSR count). The van der Waals surface area contributed by atoms with Crippen molar-refractivity contribution < 1.29 is 19.3 Å². The second kappa shape index (κ2) is 7.95. The Bertz CT molecular complexity index is 949. The number of anilines is 1. The van der Waals surface area contributed by atoms with Gasteiger partial charge in [0.05, 0.1) is 33.1 Å². The molecule has 1 aromatic carbocycles. The van der Waals surface area contributed by atoms with E-state index in [-0.39, 0.29) is 5.75 Å². The lowest BCUT2D eigenvalue weighted by Crippen LogP contribution is -2.37. The molecule has 1 aliphatic heterocycles. The summed E-state index contributed by atoms with van der Waals surface area (Å²) >= 11 is 1.43. The Kier molecular flexibility index (Phi) is 5.22. The number of benzene rings is 1. The number of thiazole rings is 1. The van der Waals surface area contributed by atoms with Gasteiger partial charge in [-0.05, 0) is 12.1 Å². The van der Waals surface area contributed by atoms with Gasteiger partial charge in [-0.1, -0.05) is 0 Å². The van der Waals surface area contributed by atoms with Gasteiger partial charge >= 0.3 is 0 Å². The van der Waals surface area contributed by atoms with Crippen LogP contribution in [0.2, 0.25) is 0 Å². The Morgan fingerprint density at radius 2 is 1.79 bits per heavy atom. The zero-order valence-corrected chi connectivity index (χ0v) is 16.3. The maximum absolute atomic E-state index is 10.1. The third-order valence-corrected chi connectivity index (χ3v) is 5.16. The van der Waals surface area contributed by atoms with E-state index in [0.717, 1.165) is 18.7 Å². The molecule has 0 saturated carbocycles. The first-order valence-electron chi connectivity index (χ1n) is 8.62. The number of ether oxygens (including phenoxy) is 3. The molecule has 0 aliphatic carbocycles. The molecule has 0 radical (unpaired) electrons. The fourth-order valence-corrected chi connectivity index (χ4v) is 3.62. The van der Waals surface area contributed by atoms with Gasteiger partial charge in [-0.15, -0.1) is 11.3 Å². The first-order chi connectivity index (χ1) is 13.7. The highest BCUT2D eigenvalue weighted by molar-refractivity contribution is 7.13. The Labute approximate surface area is 165 Å². The van der Waals surface area contributed by atoms with Gasteiger partial charge in [-0.25, -0.2) is 15.0 Å². The van der Waals surface area contributed by atoms with Crippen molar-refractivity contribution >= 4 is 17.3 Å². The third-order valence-electron chi connectivity index (χ3n) is 4.32. The van der Waals surface area contributed by atoms with Crippen LogP contribution in [0.25, 0.3) is 22.1 Å². The second-order valence-corrected chi connectivity index (χ2v) is 6.83. The van der Waals surface area contributed by atoms with E-state index < -0.39 is 0 Å². The molecule has 2 aromatic heterocycles. The van der Waals surface area contributed by atoms with Gasteiger partial charge in [0.1, 0.15) is 6.33 Å². The third kappa shape index (κ3) is 3.56. The number of nitrogens with zero attached hydrogens (tertiary/aromatic N) is 5. The Morgan fingerprint density at radius 1 is 1.07 bits per heavy atom. The standard InChI is InChI=1S/C18H19N5O4S/c1-25-13-7-11(8-14(26-2)15(13)24)12-9-28-17(21-12)16-19-10-20-18(22-16)23-3-5-27-6-4-23/h7-10,24H,3-6H2,1-2H3. The molecule has 0 bridgehead atoms. The lowest BCUT2D eigenvalue weighted by atomic mass is 10.1. The quantitative estimate of drug-likeness (QED) is 0.689. The van der Waals surface area contributed by atoms with E-state index in [1.807, 2.05) is 5.38 Å².